The van der Waals surface area contributed by atoms with Crippen molar-refractivity contribution in [3.63, 3.8) is 0 Å². The molecule has 0 aliphatic heterocycles. The molecule has 4 aromatic rings. The van der Waals surface area contributed by atoms with Crippen LogP contribution in [0.15, 0.2) is 65.8 Å². The number of thioether (sulfide) groups is 1. The van der Waals surface area contributed by atoms with Crippen LogP contribution in [0, 0.1) is 6.92 Å². The molecule has 2 aromatic heterocycles. The number of methoxy groups -OCH3 is 1. The molecule has 1 N–H and O–H groups in total. The van der Waals surface area contributed by atoms with Crippen molar-refractivity contribution in [1.29, 1.82) is 0 Å². The number of aryl methyl sites for hydroxylation is 1. The van der Waals surface area contributed by atoms with Crippen LogP contribution >= 0.6 is 11.8 Å². The van der Waals surface area contributed by atoms with E-state index in [2.05, 4.69) is 20.6 Å². The first kappa shape index (κ1) is 18.9. The van der Waals surface area contributed by atoms with E-state index in [1.54, 1.807) is 11.6 Å². The average molecular weight is 405 g/mol. The molecular weight excluding hydrogens is 386 g/mol. The number of hydrogen-bond acceptors (Lipinski definition) is 6. The van der Waals surface area contributed by atoms with E-state index < -0.39 is 0 Å². The molecule has 0 aliphatic carbocycles. The van der Waals surface area contributed by atoms with E-state index in [9.17, 15) is 4.79 Å². The summed E-state index contributed by atoms with van der Waals surface area (Å²) in [5.41, 5.74) is 4.14. The molecule has 0 saturated heterocycles. The second-order valence-electron chi connectivity index (χ2n) is 6.37. The molecule has 0 fully saturated rings. The molecule has 0 radical (unpaired) electrons. The quantitative estimate of drug-likeness (QED) is 0.491. The Hall–Kier alpha value is -3.39. The van der Waals surface area contributed by atoms with Crippen LogP contribution in [0.5, 0.6) is 5.75 Å². The molecule has 2 heterocycles. The summed E-state index contributed by atoms with van der Waals surface area (Å²) >= 11 is 1.28. The lowest BCUT2D eigenvalue weighted by atomic mass is 10.1. The van der Waals surface area contributed by atoms with Crippen LogP contribution in [-0.4, -0.2) is 38.6 Å². The largest absolute Gasteiger partial charge is 0.496 e. The Labute approximate surface area is 172 Å². The zero-order chi connectivity index (χ0) is 20.2. The zero-order valence-electron chi connectivity index (χ0n) is 16.0. The number of ether oxygens (including phenoxy) is 1. The van der Waals surface area contributed by atoms with E-state index in [1.165, 1.54) is 11.8 Å². The molecule has 0 unspecified atom stereocenters. The Morgan fingerprint density at radius 2 is 1.86 bits per heavy atom. The van der Waals surface area contributed by atoms with Crippen LogP contribution in [0.25, 0.3) is 16.9 Å². The monoisotopic (exact) mass is 405 g/mol. The summed E-state index contributed by atoms with van der Waals surface area (Å²) in [5.74, 6) is 0.825. The molecule has 7 nitrogen and oxygen atoms in total. The number of amides is 1. The Bertz CT molecular complexity index is 1160. The molecule has 29 heavy (non-hydrogen) atoms. The number of fused-ring (bicyclic) bond motifs is 1. The van der Waals surface area contributed by atoms with Gasteiger partial charge in [-0.1, -0.05) is 41.6 Å². The molecule has 0 spiro atoms. The highest BCUT2D eigenvalue weighted by molar-refractivity contribution is 7.99. The summed E-state index contributed by atoms with van der Waals surface area (Å²) in [6, 6.07) is 19.1. The van der Waals surface area contributed by atoms with Crippen LogP contribution in [0.4, 0.5) is 5.69 Å². The molecule has 0 aliphatic rings. The van der Waals surface area contributed by atoms with Crippen LogP contribution in [0.1, 0.15) is 5.56 Å². The molecule has 146 valence electrons. The number of carbonyl (C=O) groups is 1. The number of benzene rings is 2. The first-order valence-corrected chi connectivity index (χ1v) is 9.98. The summed E-state index contributed by atoms with van der Waals surface area (Å²) in [5, 5.41) is 16.4. The minimum Gasteiger partial charge on any atom is -0.496 e. The average Bonchev–Trinajstić information content (AvgIpc) is 3.16. The van der Waals surface area contributed by atoms with Gasteiger partial charge in [0.25, 0.3) is 0 Å². The van der Waals surface area contributed by atoms with E-state index >= 15 is 0 Å². The molecule has 0 bridgehead atoms. The van der Waals surface area contributed by atoms with Gasteiger partial charge in [-0.05, 0) is 43.3 Å². The minimum absolute atomic E-state index is 0.114. The van der Waals surface area contributed by atoms with Crippen molar-refractivity contribution in [1.82, 2.24) is 19.8 Å². The number of hydrogen-bond donors (Lipinski definition) is 1. The summed E-state index contributed by atoms with van der Waals surface area (Å²) in [6.07, 6.45) is 0. The highest BCUT2D eigenvalue weighted by atomic mass is 32.2. The van der Waals surface area contributed by atoms with Gasteiger partial charge in [0.15, 0.2) is 5.65 Å². The second-order valence-corrected chi connectivity index (χ2v) is 7.32. The molecule has 8 heteroatoms. The van der Waals surface area contributed by atoms with Gasteiger partial charge in [0.2, 0.25) is 11.1 Å². The fourth-order valence-electron chi connectivity index (χ4n) is 2.82. The third-order valence-corrected chi connectivity index (χ3v) is 5.20. The Balaban J connectivity index is 1.52. The van der Waals surface area contributed by atoms with Crippen LogP contribution in [0.3, 0.4) is 0 Å². The van der Waals surface area contributed by atoms with E-state index in [4.69, 9.17) is 4.74 Å². The van der Waals surface area contributed by atoms with Gasteiger partial charge in [-0.25, -0.2) is 0 Å². The van der Waals surface area contributed by atoms with Crippen LogP contribution < -0.4 is 10.1 Å². The molecule has 0 saturated carbocycles. The van der Waals surface area contributed by atoms with Crippen molar-refractivity contribution in [3.8, 4) is 17.0 Å². The van der Waals surface area contributed by atoms with E-state index in [-0.39, 0.29) is 11.7 Å². The molecule has 4 rings (SSSR count). The lowest BCUT2D eigenvalue weighted by Gasteiger charge is -2.08. The number of para-hydroxylation sites is 1. The van der Waals surface area contributed by atoms with Gasteiger partial charge in [0.05, 0.1) is 18.6 Å². The fraction of sp³-hybridized carbons (Fsp3) is 0.143. The van der Waals surface area contributed by atoms with Gasteiger partial charge in [0, 0.05) is 11.3 Å². The fourth-order valence-corrected chi connectivity index (χ4v) is 3.51. The predicted octanol–water partition coefficient (Wildman–Crippen LogP) is 3.84. The number of nitrogens with one attached hydrogen (secondary N) is 1. The third kappa shape index (κ3) is 4.22. The topological polar surface area (TPSA) is 81.4 Å². The highest BCUT2D eigenvalue weighted by Crippen LogP contribution is 2.28. The van der Waals surface area contributed by atoms with Gasteiger partial charge >= 0.3 is 0 Å². The van der Waals surface area contributed by atoms with E-state index in [0.29, 0.717) is 10.8 Å². The van der Waals surface area contributed by atoms with Crippen molar-refractivity contribution in [2.24, 2.45) is 0 Å². The predicted molar refractivity (Wildman–Crippen MR) is 113 cm³/mol. The van der Waals surface area contributed by atoms with Crippen molar-refractivity contribution in [2.75, 3.05) is 18.2 Å². The van der Waals surface area contributed by atoms with Crippen LogP contribution in [-0.2, 0) is 4.79 Å². The molecule has 0 atom stereocenters. The number of carbonyl (C=O) groups excluding carboxylic acids is 1. The molecule has 2 aromatic carbocycles. The minimum atomic E-state index is -0.114. The van der Waals surface area contributed by atoms with Crippen molar-refractivity contribution in [2.45, 2.75) is 12.1 Å². The number of anilines is 1. The maximum atomic E-state index is 12.3. The first-order chi connectivity index (χ1) is 14.1. The summed E-state index contributed by atoms with van der Waals surface area (Å²) in [4.78, 5) is 12.3. The van der Waals surface area contributed by atoms with Gasteiger partial charge in [-0.15, -0.1) is 10.2 Å². The van der Waals surface area contributed by atoms with Crippen LogP contribution in [0.2, 0.25) is 0 Å². The normalized spacial score (nSPS) is 10.8. The van der Waals surface area contributed by atoms with Gasteiger partial charge in [0.1, 0.15) is 5.75 Å². The Morgan fingerprint density at radius 1 is 1.07 bits per heavy atom. The number of aromatic nitrogens is 4. The van der Waals surface area contributed by atoms with Gasteiger partial charge in [-0.2, -0.15) is 9.61 Å². The lowest BCUT2D eigenvalue weighted by Crippen LogP contribution is -2.14. The van der Waals surface area contributed by atoms with Gasteiger partial charge in [-0.3, -0.25) is 4.79 Å². The maximum Gasteiger partial charge on any atom is 0.234 e. The SMILES string of the molecule is COc1ccccc1-c1ccc2nnc(SCC(=O)Nc3ccc(C)cc3)n2n1. The third-order valence-electron chi connectivity index (χ3n) is 4.28. The van der Waals surface area contributed by atoms with Crippen molar-refractivity contribution in [3.05, 3.63) is 66.2 Å². The summed E-state index contributed by atoms with van der Waals surface area (Å²) in [7, 11) is 1.63. The highest BCUT2D eigenvalue weighted by Gasteiger charge is 2.13. The standard InChI is InChI=1S/C21H19N5O2S/c1-14-7-9-15(10-8-14)22-20(27)13-29-21-24-23-19-12-11-17(25-26(19)21)16-5-3-4-6-18(16)28-2/h3-12H,13H2,1-2H3,(H,22,27). The van der Waals surface area contributed by atoms with Gasteiger partial charge < -0.3 is 10.1 Å². The number of nitrogens with zero attached hydrogens (tertiary/aromatic N) is 4. The molecule has 1 amide bonds. The molecular formula is C21H19N5O2S. The second kappa shape index (κ2) is 8.32. The number of rotatable bonds is 6. The Kier molecular flexibility index (Phi) is 5.44. The summed E-state index contributed by atoms with van der Waals surface area (Å²) < 4.78 is 7.07. The smallest absolute Gasteiger partial charge is 0.234 e. The summed E-state index contributed by atoms with van der Waals surface area (Å²) in [6.45, 7) is 2.00. The van der Waals surface area contributed by atoms with Crippen molar-refractivity contribution < 1.29 is 9.53 Å². The first-order valence-electron chi connectivity index (χ1n) is 8.99. The van der Waals surface area contributed by atoms with E-state index in [1.807, 2.05) is 67.6 Å². The maximum absolute atomic E-state index is 12.3. The Morgan fingerprint density at radius 3 is 2.66 bits per heavy atom. The van der Waals surface area contributed by atoms with E-state index in [0.717, 1.165) is 28.3 Å². The zero-order valence-corrected chi connectivity index (χ0v) is 16.8. The van der Waals surface area contributed by atoms with Crippen molar-refractivity contribution >= 4 is 29.0 Å². The lowest BCUT2D eigenvalue weighted by molar-refractivity contribution is -0.113.